The van der Waals surface area contributed by atoms with Crippen molar-refractivity contribution in [1.82, 2.24) is 0 Å². The number of benzene rings is 2. The smallest absolute Gasteiger partial charge is 0.146 e. The first-order valence-corrected chi connectivity index (χ1v) is 6.86. The second kappa shape index (κ2) is 6.53. The van der Waals surface area contributed by atoms with Gasteiger partial charge in [0.15, 0.2) is 0 Å². The Morgan fingerprint density at radius 1 is 1.05 bits per heavy atom. The maximum atomic E-state index is 14.1. The van der Waals surface area contributed by atoms with E-state index in [1.807, 2.05) is 30.1 Å². The SMILES string of the molecule is Cc1ccccc1CN(C)c1c(F)cccc1CCN. The van der Waals surface area contributed by atoms with E-state index in [1.54, 1.807) is 6.07 Å². The van der Waals surface area contributed by atoms with E-state index in [1.165, 1.54) is 17.2 Å². The molecular weight excluding hydrogens is 251 g/mol. The Morgan fingerprint density at radius 3 is 2.45 bits per heavy atom. The monoisotopic (exact) mass is 272 g/mol. The van der Waals surface area contributed by atoms with Crippen LogP contribution < -0.4 is 10.6 Å². The Labute approximate surface area is 120 Å². The van der Waals surface area contributed by atoms with Gasteiger partial charge in [-0.3, -0.25) is 0 Å². The molecule has 0 unspecified atom stereocenters. The topological polar surface area (TPSA) is 29.3 Å². The van der Waals surface area contributed by atoms with Crippen LogP contribution in [0.1, 0.15) is 16.7 Å². The van der Waals surface area contributed by atoms with Crippen molar-refractivity contribution in [3.05, 3.63) is 65.0 Å². The fourth-order valence-corrected chi connectivity index (χ4v) is 2.47. The number of nitrogens with two attached hydrogens (primary N) is 1. The van der Waals surface area contributed by atoms with Gasteiger partial charge in [0, 0.05) is 13.6 Å². The fraction of sp³-hybridized carbons (Fsp3) is 0.294. The van der Waals surface area contributed by atoms with E-state index in [4.69, 9.17) is 5.73 Å². The van der Waals surface area contributed by atoms with E-state index in [-0.39, 0.29) is 5.82 Å². The molecule has 2 nitrogen and oxygen atoms in total. The highest BCUT2D eigenvalue weighted by atomic mass is 19.1. The standard InChI is InChI=1S/C17H21FN2/c1-13-6-3-4-7-15(13)12-20(2)17-14(10-11-19)8-5-9-16(17)18/h3-9H,10-12,19H2,1-2H3. The molecule has 0 radical (unpaired) electrons. The van der Waals surface area contributed by atoms with Crippen LogP contribution in [-0.2, 0) is 13.0 Å². The summed E-state index contributed by atoms with van der Waals surface area (Å²) in [5, 5.41) is 0. The highest BCUT2D eigenvalue weighted by Gasteiger charge is 2.13. The van der Waals surface area contributed by atoms with Gasteiger partial charge in [0.25, 0.3) is 0 Å². The first-order valence-electron chi connectivity index (χ1n) is 6.86. The largest absolute Gasteiger partial charge is 0.368 e. The first kappa shape index (κ1) is 14.5. The van der Waals surface area contributed by atoms with Crippen LogP contribution in [0.4, 0.5) is 10.1 Å². The van der Waals surface area contributed by atoms with E-state index in [2.05, 4.69) is 19.1 Å². The van der Waals surface area contributed by atoms with Crippen molar-refractivity contribution >= 4 is 5.69 Å². The molecule has 0 aliphatic carbocycles. The van der Waals surface area contributed by atoms with Gasteiger partial charge in [-0.05, 0) is 42.6 Å². The van der Waals surface area contributed by atoms with Gasteiger partial charge in [0.2, 0.25) is 0 Å². The molecule has 20 heavy (non-hydrogen) atoms. The second-order valence-corrected chi connectivity index (χ2v) is 5.07. The summed E-state index contributed by atoms with van der Waals surface area (Å²) in [5.41, 5.74) is 9.66. The second-order valence-electron chi connectivity index (χ2n) is 5.07. The molecule has 0 heterocycles. The third kappa shape index (κ3) is 3.17. The molecule has 2 aromatic rings. The van der Waals surface area contributed by atoms with E-state index in [9.17, 15) is 4.39 Å². The number of para-hydroxylation sites is 1. The Balaban J connectivity index is 2.29. The maximum Gasteiger partial charge on any atom is 0.146 e. The zero-order valence-electron chi connectivity index (χ0n) is 12.1. The molecule has 0 bridgehead atoms. The predicted molar refractivity (Wildman–Crippen MR) is 82.4 cm³/mol. The molecule has 0 aliphatic rings. The van der Waals surface area contributed by atoms with Crippen LogP contribution in [0.15, 0.2) is 42.5 Å². The minimum absolute atomic E-state index is 0.188. The van der Waals surface area contributed by atoms with Gasteiger partial charge in [-0.15, -0.1) is 0 Å². The van der Waals surface area contributed by atoms with Gasteiger partial charge in [-0.25, -0.2) is 4.39 Å². The fourth-order valence-electron chi connectivity index (χ4n) is 2.47. The molecule has 0 saturated heterocycles. The van der Waals surface area contributed by atoms with Crippen LogP contribution in [0.3, 0.4) is 0 Å². The van der Waals surface area contributed by atoms with Gasteiger partial charge in [0.05, 0.1) is 5.69 Å². The van der Waals surface area contributed by atoms with Crippen molar-refractivity contribution in [2.24, 2.45) is 5.73 Å². The lowest BCUT2D eigenvalue weighted by atomic mass is 10.1. The van der Waals surface area contributed by atoms with Gasteiger partial charge in [-0.1, -0.05) is 36.4 Å². The number of halogens is 1. The molecule has 0 aromatic heterocycles. The molecule has 0 aliphatic heterocycles. The van der Waals surface area contributed by atoms with E-state index >= 15 is 0 Å². The maximum absolute atomic E-state index is 14.1. The summed E-state index contributed by atoms with van der Waals surface area (Å²) < 4.78 is 14.1. The van der Waals surface area contributed by atoms with Crippen molar-refractivity contribution < 1.29 is 4.39 Å². The first-order chi connectivity index (χ1) is 9.63. The zero-order chi connectivity index (χ0) is 14.5. The van der Waals surface area contributed by atoms with Crippen LogP contribution in [0, 0.1) is 12.7 Å². The molecule has 106 valence electrons. The number of aryl methyl sites for hydroxylation is 1. The summed E-state index contributed by atoms with van der Waals surface area (Å²) in [6.45, 7) is 3.28. The molecule has 2 N–H and O–H groups in total. The quantitative estimate of drug-likeness (QED) is 0.905. The highest BCUT2D eigenvalue weighted by molar-refractivity contribution is 5.55. The summed E-state index contributed by atoms with van der Waals surface area (Å²) in [5.74, 6) is -0.188. The third-order valence-corrected chi connectivity index (χ3v) is 3.53. The molecule has 3 heteroatoms. The van der Waals surface area contributed by atoms with Gasteiger partial charge >= 0.3 is 0 Å². The lowest BCUT2D eigenvalue weighted by Crippen LogP contribution is -2.21. The Kier molecular flexibility index (Phi) is 4.74. The van der Waals surface area contributed by atoms with Crippen molar-refractivity contribution in [3.8, 4) is 0 Å². The number of anilines is 1. The predicted octanol–water partition coefficient (Wildman–Crippen LogP) is 3.27. The normalized spacial score (nSPS) is 10.6. The third-order valence-electron chi connectivity index (χ3n) is 3.53. The summed E-state index contributed by atoms with van der Waals surface area (Å²) in [7, 11) is 1.92. The van der Waals surface area contributed by atoms with Crippen molar-refractivity contribution in [1.29, 1.82) is 0 Å². The summed E-state index contributed by atoms with van der Waals surface area (Å²) >= 11 is 0. The van der Waals surface area contributed by atoms with E-state index < -0.39 is 0 Å². The van der Waals surface area contributed by atoms with Gasteiger partial charge < -0.3 is 10.6 Å². The lowest BCUT2D eigenvalue weighted by molar-refractivity contribution is 0.619. The number of rotatable bonds is 5. The summed E-state index contributed by atoms with van der Waals surface area (Å²) in [6.07, 6.45) is 0.686. The van der Waals surface area contributed by atoms with Crippen LogP contribution >= 0.6 is 0 Å². The molecule has 0 amide bonds. The van der Waals surface area contributed by atoms with Gasteiger partial charge in [0.1, 0.15) is 5.82 Å². The van der Waals surface area contributed by atoms with Crippen molar-refractivity contribution in [2.75, 3.05) is 18.5 Å². The van der Waals surface area contributed by atoms with Crippen LogP contribution in [0.2, 0.25) is 0 Å². The van der Waals surface area contributed by atoms with Crippen molar-refractivity contribution in [2.45, 2.75) is 19.9 Å². The molecule has 0 fully saturated rings. The number of nitrogens with zero attached hydrogens (tertiary/aromatic N) is 1. The number of hydrogen-bond acceptors (Lipinski definition) is 2. The van der Waals surface area contributed by atoms with E-state index in [0.717, 1.165) is 5.56 Å². The molecule has 2 rings (SSSR count). The average Bonchev–Trinajstić information content (AvgIpc) is 2.42. The van der Waals surface area contributed by atoms with Crippen LogP contribution in [0.5, 0.6) is 0 Å². The number of hydrogen-bond donors (Lipinski definition) is 1. The lowest BCUT2D eigenvalue weighted by Gasteiger charge is -2.24. The summed E-state index contributed by atoms with van der Waals surface area (Å²) in [6, 6.07) is 13.4. The molecule has 0 spiro atoms. The van der Waals surface area contributed by atoms with Crippen molar-refractivity contribution in [3.63, 3.8) is 0 Å². The minimum atomic E-state index is -0.188. The average molecular weight is 272 g/mol. The summed E-state index contributed by atoms with van der Waals surface area (Å²) in [4.78, 5) is 1.96. The van der Waals surface area contributed by atoms with Gasteiger partial charge in [-0.2, -0.15) is 0 Å². The molecular formula is C17H21FN2. The molecule has 2 aromatic carbocycles. The zero-order valence-corrected chi connectivity index (χ0v) is 12.1. The molecule has 0 saturated carbocycles. The minimum Gasteiger partial charge on any atom is -0.368 e. The Morgan fingerprint density at radius 2 is 1.75 bits per heavy atom. The Hall–Kier alpha value is -1.87. The van der Waals surface area contributed by atoms with E-state index in [0.29, 0.717) is 25.2 Å². The van der Waals surface area contributed by atoms with Crippen LogP contribution in [0.25, 0.3) is 0 Å². The Bertz CT molecular complexity index is 581. The highest BCUT2D eigenvalue weighted by Crippen LogP contribution is 2.25. The van der Waals surface area contributed by atoms with Crippen LogP contribution in [-0.4, -0.2) is 13.6 Å². The molecule has 0 atom stereocenters.